The lowest BCUT2D eigenvalue weighted by Gasteiger charge is -2.21. The number of anilines is 1. The van der Waals surface area contributed by atoms with Crippen molar-refractivity contribution in [3.63, 3.8) is 0 Å². The zero-order valence-corrected chi connectivity index (χ0v) is 19.6. The highest BCUT2D eigenvalue weighted by Crippen LogP contribution is 2.29. The van der Waals surface area contributed by atoms with Gasteiger partial charge in [0.15, 0.2) is 0 Å². The molecule has 1 fully saturated rings. The van der Waals surface area contributed by atoms with Gasteiger partial charge in [0, 0.05) is 13.1 Å². The second kappa shape index (κ2) is 9.82. The normalized spacial score (nSPS) is 15.1. The SMILES string of the molecule is COc1ccc(S(=O)(=O)N2CCCCCC2)cc1NC(=O)Cn1c(=O)[nH]c2ccccc2c1=O. The fourth-order valence-corrected chi connectivity index (χ4v) is 5.60. The summed E-state index contributed by atoms with van der Waals surface area (Å²) in [4.78, 5) is 40.4. The predicted octanol–water partition coefficient (Wildman–Crippen LogP) is 1.90. The van der Waals surface area contributed by atoms with E-state index in [2.05, 4.69) is 10.3 Å². The molecule has 1 aliphatic rings. The van der Waals surface area contributed by atoms with Crippen LogP contribution in [0.4, 0.5) is 5.69 Å². The number of carbonyl (C=O) groups is 1. The molecule has 1 aromatic heterocycles. The number of hydrogen-bond donors (Lipinski definition) is 2. The summed E-state index contributed by atoms with van der Waals surface area (Å²) in [6, 6.07) is 10.8. The Labute approximate surface area is 196 Å². The standard InChI is InChI=1S/C23H26N4O6S/c1-33-20-11-10-16(34(31,32)26-12-6-2-3-7-13-26)14-19(20)24-21(28)15-27-22(29)17-8-4-5-9-18(17)25-23(27)30/h4-5,8-11,14H,2-3,6-7,12-13,15H2,1H3,(H,24,28)(H,25,30). The number of ether oxygens (including phenoxy) is 1. The number of nitrogens with one attached hydrogen (secondary N) is 2. The maximum absolute atomic E-state index is 13.2. The van der Waals surface area contributed by atoms with E-state index in [4.69, 9.17) is 4.74 Å². The zero-order chi connectivity index (χ0) is 24.3. The Balaban J connectivity index is 1.61. The second-order valence-electron chi connectivity index (χ2n) is 8.10. The zero-order valence-electron chi connectivity index (χ0n) is 18.7. The summed E-state index contributed by atoms with van der Waals surface area (Å²) in [6.45, 7) is 0.346. The minimum absolute atomic E-state index is 0.0335. The minimum Gasteiger partial charge on any atom is -0.495 e. The summed E-state index contributed by atoms with van der Waals surface area (Å²) in [6.07, 6.45) is 3.58. The average molecular weight is 487 g/mol. The number of rotatable bonds is 6. The first-order valence-electron chi connectivity index (χ1n) is 11.0. The van der Waals surface area contributed by atoms with Crippen LogP contribution in [0.5, 0.6) is 5.75 Å². The van der Waals surface area contributed by atoms with Gasteiger partial charge in [0.25, 0.3) is 5.56 Å². The molecule has 0 radical (unpaired) electrons. The predicted molar refractivity (Wildman–Crippen MR) is 128 cm³/mol. The molecule has 0 atom stereocenters. The number of benzene rings is 2. The summed E-state index contributed by atoms with van der Waals surface area (Å²) in [5, 5.41) is 2.86. The molecule has 1 aliphatic heterocycles. The van der Waals surface area contributed by atoms with Gasteiger partial charge in [-0.05, 0) is 43.2 Å². The van der Waals surface area contributed by atoms with Gasteiger partial charge in [0.1, 0.15) is 12.3 Å². The van der Waals surface area contributed by atoms with E-state index in [-0.39, 0.29) is 21.7 Å². The van der Waals surface area contributed by atoms with Crippen molar-refractivity contribution in [2.24, 2.45) is 0 Å². The number of hydrogen-bond acceptors (Lipinski definition) is 6. The van der Waals surface area contributed by atoms with Crippen molar-refractivity contribution in [3.05, 3.63) is 63.3 Å². The Morgan fingerprint density at radius 1 is 1.06 bits per heavy atom. The smallest absolute Gasteiger partial charge is 0.329 e. The van der Waals surface area contributed by atoms with Gasteiger partial charge in [-0.15, -0.1) is 0 Å². The van der Waals surface area contributed by atoms with Crippen molar-refractivity contribution in [1.82, 2.24) is 13.9 Å². The van der Waals surface area contributed by atoms with Crippen LogP contribution in [0.15, 0.2) is 56.9 Å². The number of nitrogens with zero attached hydrogens (tertiary/aromatic N) is 2. The number of carbonyl (C=O) groups excluding carboxylic acids is 1. The van der Waals surface area contributed by atoms with E-state index in [9.17, 15) is 22.8 Å². The monoisotopic (exact) mass is 486 g/mol. The number of fused-ring (bicyclic) bond motifs is 1. The summed E-state index contributed by atoms with van der Waals surface area (Å²) in [5.74, 6) is -0.423. The van der Waals surface area contributed by atoms with Crippen molar-refractivity contribution < 1.29 is 17.9 Å². The molecule has 0 unspecified atom stereocenters. The minimum atomic E-state index is -3.75. The number of aromatic amines is 1. The topological polar surface area (TPSA) is 131 Å². The lowest BCUT2D eigenvalue weighted by Crippen LogP contribution is -2.38. The molecule has 11 heteroatoms. The fraction of sp³-hybridized carbons (Fsp3) is 0.348. The molecule has 1 amide bonds. The van der Waals surface area contributed by atoms with Gasteiger partial charge in [0.05, 0.1) is 28.6 Å². The van der Waals surface area contributed by atoms with Crippen molar-refractivity contribution >= 4 is 32.5 Å². The van der Waals surface area contributed by atoms with E-state index in [0.717, 1.165) is 30.3 Å². The molecule has 4 rings (SSSR count). The molecule has 0 bridgehead atoms. The van der Waals surface area contributed by atoms with Crippen molar-refractivity contribution in [1.29, 1.82) is 0 Å². The van der Waals surface area contributed by atoms with Crippen molar-refractivity contribution in [3.8, 4) is 5.75 Å². The lowest BCUT2D eigenvalue weighted by atomic mass is 10.2. The van der Waals surface area contributed by atoms with Crippen LogP contribution < -0.4 is 21.3 Å². The first-order valence-corrected chi connectivity index (χ1v) is 12.4. The van der Waals surface area contributed by atoms with Crippen LogP contribution in [-0.2, 0) is 21.4 Å². The Hall–Kier alpha value is -3.44. The quantitative estimate of drug-likeness (QED) is 0.547. The average Bonchev–Trinajstić information content (AvgIpc) is 3.12. The van der Waals surface area contributed by atoms with Gasteiger partial charge < -0.3 is 15.0 Å². The summed E-state index contributed by atoms with van der Waals surface area (Å²) in [5.41, 5.74) is -0.807. The highest BCUT2D eigenvalue weighted by molar-refractivity contribution is 7.89. The molecule has 0 aliphatic carbocycles. The van der Waals surface area contributed by atoms with E-state index in [1.54, 1.807) is 24.3 Å². The number of amides is 1. The molecule has 2 aromatic carbocycles. The number of H-pyrrole nitrogens is 1. The van der Waals surface area contributed by atoms with E-state index in [1.807, 2.05) is 0 Å². The Kier molecular flexibility index (Phi) is 6.85. The van der Waals surface area contributed by atoms with Crippen LogP contribution in [0.25, 0.3) is 10.9 Å². The van der Waals surface area contributed by atoms with Gasteiger partial charge in [-0.2, -0.15) is 4.31 Å². The first-order chi connectivity index (χ1) is 16.3. The van der Waals surface area contributed by atoms with Gasteiger partial charge in [-0.25, -0.2) is 13.2 Å². The maximum Gasteiger partial charge on any atom is 0.329 e. The molecular formula is C23H26N4O6S. The van der Waals surface area contributed by atoms with Crippen LogP contribution in [0, 0.1) is 0 Å². The van der Waals surface area contributed by atoms with Gasteiger partial charge in [-0.3, -0.25) is 14.2 Å². The highest BCUT2D eigenvalue weighted by Gasteiger charge is 2.26. The summed E-state index contributed by atoms with van der Waals surface area (Å²) >= 11 is 0. The Morgan fingerprint density at radius 2 is 1.76 bits per heavy atom. The molecule has 3 aromatic rings. The number of aromatic nitrogens is 2. The molecule has 0 spiro atoms. The summed E-state index contributed by atoms with van der Waals surface area (Å²) < 4.78 is 33.9. The molecule has 10 nitrogen and oxygen atoms in total. The van der Waals surface area contributed by atoms with Crippen molar-refractivity contribution in [2.75, 3.05) is 25.5 Å². The van der Waals surface area contributed by atoms with E-state index < -0.39 is 33.7 Å². The first kappa shape index (κ1) is 23.7. The van der Waals surface area contributed by atoms with Gasteiger partial charge in [-0.1, -0.05) is 25.0 Å². The molecule has 2 N–H and O–H groups in total. The molecule has 34 heavy (non-hydrogen) atoms. The fourth-order valence-electron chi connectivity index (χ4n) is 4.05. The van der Waals surface area contributed by atoms with Gasteiger partial charge >= 0.3 is 5.69 Å². The molecule has 180 valence electrons. The Bertz CT molecular complexity index is 1440. The number of methoxy groups -OCH3 is 1. The third-order valence-corrected chi connectivity index (χ3v) is 7.73. The number of para-hydroxylation sites is 1. The molecule has 0 saturated carbocycles. The molecule has 2 heterocycles. The second-order valence-corrected chi connectivity index (χ2v) is 10.0. The van der Waals surface area contributed by atoms with Crippen LogP contribution in [-0.4, -0.2) is 48.4 Å². The third kappa shape index (κ3) is 4.75. The van der Waals surface area contributed by atoms with Crippen LogP contribution in [0.1, 0.15) is 25.7 Å². The van der Waals surface area contributed by atoms with E-state index in [0.29, 0.717) is 18.6 Å². The van der Waals surface area contributed by atoms with E-state index >= 15 is 0 Å². The molecule has 1 saturated heterocycles. The lowest BCUT2D eigenvalue weighted by molar-refractivity contribution is -0.116. The Morgan fingerprint density at radius 3 is 2.47 bits per heavy atom. The third-order valence-electron chi connectivity index (χ3n) is 5.84. The van der Waals surface area contributed by atoms with Gasteiger partial charge in [0.2, 0.25) is 15.9 Å². The molecular weight excluding hydrogens is 460 g/mol. The summed E-state index contributed by atoms with van der Waals surface area (Å²) in [7, 11) is -2.35. The van der Waals surface area contributed by atoms with E-state index in [1.165, 1.54) is 29.6 Å². The number of sulfonamides is 1. The maximum atomic E-state index is 13.2. The van der Waals surface area contributed by atoms with Crippen LogP contribution in [0.2, 0.25) is 0 Å². The van der Waals surface area contributed by atoms with Crippen molar-refractivity contribution in [2.45, 2.75) is 37.1 Å². The van der Waals surface area contributed by atoms with Crippen LogP contribution in [0.3, 0.4) is 0 Å². The highest BCUT2D eigenvalue weighted by atomic mass is 32.2. The largest absolute Gasteiger partial charge is 0.495 e. The van der Waals surface area contributed by atoms with Crippen LogP contribution >= 0.6 is 0 Å².